The number of halogens is 3. The van der Waals surface area contributed by atoms with Crippen LogP contribution in [0, 0.1) is 17.4 Å². The number of carbonyl (C=O) groups is 1. The van der Waals surface area contributed by atoms with Crippen LogP contribution in [0.5, 0.6) is 0 Å². The molecule has 2 aromatic carbocycles. The maximum absolute atomic E-state index is 12.2. The predicted octanol–water partition coefficient (Wildman–Crippen LogP) is 5.47. The number of anilines is 1. The first-order valence-electron chi connectivity index (χ1n) is 5.91. The molecule has 0 unspecified atom stereocenters. The van der Waals surface area contributed by atoms with E-state index in [1.165, 1.54) is 3.57 Å². The molecular formula is C15H12Cl2INO. The van der Waals surface area contributed by atoms with E-state index in [4.69, 9.17) is 23.2 Å². The van der Waals surface area contributed by atoms with Crippen LogP contribution in [0.1, 0.15) is 21.5 Å². The average molecular weight is 420 g/mol. The Morgan fingerprint density at radius 3 is 2.40 bits per heavy atom. The van der Waals surface area contributed by atoms with Crippen LogP contribution in [-0.4, -0.2) is 5.91 Å². The second kappa shape index (κ2) is 6.33. The summed E-state index contributed by atoms with van der Waals surface area (Å²) in [5.41, 5.74) is 3.43. The van der Waals surface area contributed by atoms with Gasteiger partial charge in [-0.05, 0) is 77.9 Å². The Bertz CT molecular complexity index is 686. The molecule has 2 nitrogen and oxygen atoms in total. The summed E-state index contributed by atoms with van der Waals surface area (Å²) in [5, 5.41) is 3.70. The fourth-order valence-electron chi connectivity index (χ4n) is 1.75. The third-order valence-corrected chi connectivity index (χ3v) is 4.84. The van der Waals surface area contributed by atoms with Crippen LogP contribution in [0.15, 0.2) is 30.3 Å². The molecular weight excluding hydrogens is 408 g/mol. The molecule has 0 radical (unpaired) electrons. The smallest absolute Gasteiger partial charge is 0.255 e. The van der Waals surface area contributed by atoms with Crippen molar-refractivity contribution in [2.24, 2.45) is 0 Å². The number of carbonyl (C=O) groups excluding carboxylic acids is 1. The molecule has 1 amide bonds. The maximum Gasteiger partial charge on any atom is 0.255 e. The Balaban J connectivity index is 2.27. The molecule has 0 aromatic heterocycles. The summed E-state index contributed by atoms with van der Waals surface area (Å²) < 4.78 is 1.17. The molecule has 2 aromatic rings. The maximum atomic E-state index is 12.2. The first kappa shape index (κ1) is 15.6. The summed E-state index contributed by atoms with van der Waals surface area (Å²) in [4.78, 5) is 12.2. The summed E-state index contributed by atoms with van der Waals surface area (Å²) in [6.07, 6.45) is 0. The summed E-state index contributed by atoms with van der Waals surface area (Å²) in [6, 6.07) is 8.84. The van der Waals surface area contributed by atoms with Gasteiger partial charge in [-0.2, -0.15) is 0 Å². The Labute approximate surface area is 141 Å². The molecule has 0 aliphatic heterocycles. The molecule has 0 spiro atoms. The van der Waals surface area contributed by atoms with Crippen LogP contribution in [0.2, 0.25) is 10.0 Å². The van der Waals surface area contributed by atoms with Crippen LogP contribution in [0.25, 0.3) is 0 Å². The van der Waals surface area contributed by atoms with E-state index in [9.17, 15) is 4.79 Å². The lowest BCUT2D eigenvalue weighted by Gasteiger charge is -2.11. The SMILES string of the molecule is Cc1cc(NC(=O)c2ccc(Cl)c(Cl)c2)c(C)cc1I. The minimum atomic E-state index is -0.202. The Morgan fingerprint density at radius 2 is 1.75 bits per heavy atom. The molecule has 0 aliphatic carbocycles. The van der Waals surface area contributed by atoms with Crippen molar-refractivity contribution >= 4 is 57.4 Å². The molecule has 0 saturated carbocycles. The average Bonchev–Trinajstić information content (AvgIpc) is 2.39. The number of rotatable bonds is 2. The zero-order chi connectivity index (χ0) is 14.9. The van der Waals surface area contributed by atoms with E-state index in [1.54, 1.807) is 18.2 Å². The number of benzene rings is 2. The Kier molecular flexibility index (Phi) is 4.94. The fraction of sp³-hybridized carbons (Fsp3) is 0.133. The molecule has 0 fully saturated rings. The zero-order valence-electron chi connectivity index (χ0n) is 10.9. The van der Waals surface area contributed by atoms with Gasteiger partial charge in [-0.3, -0.25) is 4.79 Å². The molecule has 2 rings (SSSR count). The van der Waals surface area contributed by atoms with Crippen LogP contribution in [-0.2, 0) is 0 Å². The largest absolute Gasteiger partial charge is 0.322 e. The van der Waals surface area contributed by atoms with Crippen molar-refractivity contribution in [2.45, 2.75) is 13.8 Å². The normalized spacial score (nSPS) is 10.4. The van der Waals surface area contributed by atoms with Gasteiger partial charge >= 0.3 is 0 Å². The molecule has 0 atom stereocenters. The number of hydrogen-bond acceptors (Lipinski definition) is 1. The Hall–Kier alpha value is -0.780. The molecule has 0 aliphatic rings. The highest BCUT2D eigenvalue weighted by molar-refractivity contribution is 14.1. The number of aryl methyl sites for hydroxylation is 2. The van der Waals surface area contributed by atoms with E-state index in [-0.39, 0.29) is 5.91 Å². The molecule has 5 heteroatoms. The summed E-state index contributed by atoms with van der Waals surface area (Å²) in [6.45, 7) is 3.97. The van der Waals surface area contributed by atoms with Crippen LogP contribution in [0.3, 0.4) is 0 Å². The standard InChI is InChI=1S/C15H12Cl2INO/c1-8-6-14(9(2)5-13(8)18)19-15(20)10-3-4-11(16)12(17)7-10/h3-7H,1-2H3,(H,19,20). The molecule has 104 valence electrons. The first-order valence-corrected chi connectivity index (χ1v) is 7.75. The molecule has 1 N–H and O–H groups in total. The lowest BCUT2D eigenvalue weighted by Crippen LogP contribution is -2.13. The third kappa shape index (κ3) is 3.45. The van der Waals surface area contributed by atoms with Crippen molar-refractivity contribution in [1.82, 2.24) is 0 Å². The van der Waals surface area contributed by atoms with Crippen LogP contribution in [0.4, 0.5) is 5.69 Å². The number of amides is 1. The van der Waals surface area contributed by atoms with E-state index in [2.05, 4.69) is 27.9 Å². The van der Waals surface area contributed by atoms with Gasteiger partial charge in [0.15, 0.2) is 0 Å². The number of hydrogen-bond donors (Lipinski definition) is 1. The molecule has 20 heavy (non-hydrogen) atoms. The second-order valence-corrected chi connectivity index (χ2v) is 6.48. The van der Waals surface area contributed by atoms with Crippen molar-refractivity contribution in [1.29, 1.82) is 0 Å². The minimum absolute atomic E-state index is 0.202. The third-order valence-electron chi connectivity index (χ3n) is 2.94. The van der Waals surface area contributed by atoms with Gasteiger partial charge in [-0.15, -0.1) is 0 Å². The van der Waals surface area contributed by atoms with E-state index in [1.807, 2.05) is 26.0 Å². The van der Waals surface area contributed by atoms with Crippen molar-refractivity contribution < 1.29 is 4.79 Å². The summed E-state index contributed by atoms with van der Waals surface area (Å²) in [7, 11) is 0. The van der Waals surface area contributed by atoms with Gasteiger partial charge in [0.05, 0.1) is 10.0 Å². The monoisotopic (exact) mass is 419 g/mol. The number of nitrogens with one attached hydrogen (secondary N) is 1. The first-order chi connectivity index (χ1) is 9.38. The lowest BCUT2D eigenvalue weighted by atomic mass is 10.1. The topological polar surface area (TPSA) is 29.1 Å². The zero-order valence-corrected chi connectivity index (χ0v) is 14.6. The van der Waals surface area contributed by atoms with Gasteiger partial charge < -0.3 is 5.32 Å². The highest BCUT2D eigenvalue weighted by Crippen LogP contribution is 2.25. The van der Waals surface area contributed by atoms with E-state index >= 15 is 0 Å². The van der Waals surface area contributed by atoms with Gasteiger partial charge in [0, 0.05) is 14.8 Å². The lowest BCUT2D eigenvalue weighted by molar-refractivity contribution is 0.102. The molecule has 0 heterocycles. The van der Waals surface area contributed by atoms with E-state index in [0.29, 0.717) is 15.6 Å². The van der Waals surface area contributed by atoms with E-state index < -0.39 is 0 Å². The predicted molar refractivity (Wildman–Crippen MR) is 93.0 cm³/mol. The van der Waals surface area contributed by atoms with Crippen molar-refractivity contribution in [2.75, 3.05) is 5.32 Å². The van der Waals surface area contributed by atoms with Crippen molar-refractivity contribution in [3.63, 3.8) is 0 Å². The highest BCUT2D eigenvalue weighted by Gasteiger charge is 2.10. The van der Waals surface area contributed by atoms with Gasteiger partial charge in [-0.25, -0.2) is 0 Å². The summed E-state index contributed by atoms with van der Waals surface area (Å²) >= 11 is 14.0. The van der Waals surface area contributed by atoms with Crippen LogP contribution >= 0.6 is 45.8 Å². The molecule has 0 saturated heterocycles. The summed E-state index contributed by atoms with van der Waals surface area (Å²) in [5.74, 6) is -0.202. The van der Waals surface area contributed by atoms with Crippen molar-refractivity contribution in [3.05, 3.63) is 60.6 Å². The van der Waals surface area contributed by atoms with E-state index in [0.717, 1.165) is 16.8 Å². The highest BCUT2D eigenvalue weighted by atomic mass is 127. The van der Waals surface area contributed by atoms with Crippen molar-refractivity contribution in [3.8, 4) is 0 Å². The van der Waals surface area contributed by atoms with Crippen LogP contribution < -0.4 is 5.32 Å². The van der Waals surface area contributed by atoms with Gasteiger partial charge in [0.25, 0.3) is 5.91 Å². The van der Waals surface area contributed by atoms with Gasteiger partial charge in [0.2, 0.25) is 0 Å². The molecule has 0 bridgehead atoms. The second-order valence-electron chi connectivity index (χ2n) is 4.50. The van der Waals surface area contributed by atoms with Gasteiger partial charge in [0.1, 0.15) is 0 Å². The fourth-order valence-corrected chi connectivity index (χ4v) is 2.67. The quantitative estimate of drug-likeness (QED) is 0.642. The minimum Gasteiger partial charge on any atom is -0.322 e. The van der Waals surface area contributed by atoms with Gasteiger partial charge in [-0.1, -0.05) is 23.2 Å². The Morgan fingerprint density at radius 1 is 1.05 bits per heavy atom.